The predicted octanol–water partition coefficient (Wildman–Crippen LogP) is 2.67. The highest BCUT2D eigenvalue weighted by molar-refractivity contribution is 6.32. The lowest BCUT2D eigenvalue weighted by Gasteiger charge is -2.13. The van der Waals surface area contributed by atoms with Crippen molar-refractivity contribution >= 4 is 17.5 Å². The number of nitrogens with zero attached hydrogens (tertiary/aromatic N) is 4. The molecule has 0 fully saturated rings. The maximum absolute atomic E-state index is 12.3. The van der Waals surface area contributed by atoms with Crippen molar-refractivity contribution in [3.63, 3.8) is 0 Å². The van der Waals surface area contributed by atoms with E-state index in [1.54, 1.807) is 49.0 Å². The highest BCUT2D eigenvalue weighted by Gasteiger charge is 2.16. The van der Waals surface area contributed by atoms with Crippen LogP contribution in [0.15, 0.2) is 36.5 Å². The molecule has 2 heterocycles. The molecule has 3 aromatic rings. The molecule has 28 heavy (non-hydrogen) atoms. The van der Waals surface area contributed by atoms with Crippen LogP contribution in [0.1, 0.15) is 43.1 Å². The predicted molar refractivity (Wildman–Crippen MR) is 104 cm³/mol. The Hall–Kier alpha value is -3.15. The molecular formula is C19H19ClN6O2. The topological polar surface area (TPSA) is 120 Å². The summed E-state index contributed by atoms with van der Waals surface area (Å²) < 4.78 is 9.94. The highest BCUT2D eigenvalue weighted by atomic mass is 35.5. The molecule has 1 unspecified atom stereocenters. The van der Waals surface area contributed by atoms with Gasteiger partial charge < -0.3 is 10.4 Å². The summed E-state index contributed by atoms with van der Waals surface area (Å²) in [5, 5.41) is 32.3. The zero-order valence-electron chi connectivity index (χ0n) is 16.3. The quantitative estimate of drug-likeness (QED) is 0.588. The summed E-state index contributed by atoms with van der Waals surface area (Å²) in [6.07, 6.45) is 0.921. The van der Waals surface area contributed by atoms with Crippen LogP contribution >= 0.6 is 11.6 Å². The number of aromatic amines is 1. The van der Waals surface area contributed by atoms with Crippen LogP contribution in [0.4, 0.5) is 0 Å². The molecule has 0 saturated heterocycles. The summed E-state index contributed by atoms with van der Waals surface area (Å²) in [4.78, 5) is 12.3. The number of hydrogen-bond acceptors (Lipinski definition) is 5. The first kappa shape index (κ1) is 18.2. The Balaban J connectivity index is 1.70. The summed E-state index contributed by atoms with van der Waals surface area (Å²) in [6, 6.07) is 8.88. The number of nitrogens with one attached hydrogen (secondary N) is 2. The van der Waals surface area contributed by atoms with Gasteiger partial charge in [-0.2, -0.15) is 15.5 Å². The second kappa shape index (κ2) is 8.25. The minimum Gasteiger partial charge on any atom is -0.387 e. The molecule has 9 heteroatoms. The van der Waals surface area contributed by atoms with E-state index in [4.69, 9.17) is 18.2 Å². The Morgan fingerprint density at radius 2 is 2.25 bits per heavy atom. The number of aliphatic hydroxyl groups is 1. The molecule has 2 atom stereocenters. The Bertz CT molecular complexity index is 1080. The number of rotatable bonds is 6. The van der Waals surface area contributed by atoms with Crippen LogP contribution in [0, 0.1) is 11.3 Å². The molecule has 8 nitrogen and oxygen atoms in total. The Morgan fingerprint density at radius 3 is 2.89 bits per heavy atom. The van der Waals surface area contributed by atoms with Gasteiger partial charge in [0.05, 0.1) is 36.0 Å². The molecule has 0 aliphatic heterocycles. The van der Waals surface area contributed by atoms with E-state index in [2.05, 4.69) is 20.6 Å². The average molecular weight is 400 g/mol. The average Bonchev–Trinajstić information content (AvgIpc) is 3.30. The van der Waals surface area contributed by atoms with Gasteiger partial charge in [-0.05, 0) is 38.1 Å². The summed E-state index contributed by atoms with van der Waals surface area (Å²) in [7, 11) is 0. The number of carbonyl (C=O) groups excluding carboxylic acids is 1. The van der Waals surface area contributed by atoms with E-state index in [1.165, 1.54) is 6.07 Å². The number of aromatic nitrogens is 4. The van der Waals surface area contributed by atoms with Gasteiger partial charge in [-0.15, -0.1) is 0 Å². The van der Waals surface area contributed by atoms with Gasteiger partial charge in [0.1, 0.15) is 11.8 Å². The number of benzene rings is 1. The Labute approximate surface area is 168 Å². The van der Waals surface area contributed by atoms with E-state index >= 15 is 0 Å². The molecule has 3 rings (SSSR count). The van der Waals surface area contributed by atoms with E-state index in [0.717, 1.165) is 5.56 Å². The number of aliphatic hydroxyl groups excluding tert-OH is 1. The minimum atomic E-state index is -1.35. The molecule has 0 radical (unpaired) electrons. The molecular weight excluding hydrogens is 380 g/mol. The molecule has 0 aliphatic carbocycles. The van der Waals surface area contributed by atoms with Gasteiger partial charge in [0.15, 0.2) is 0 Å². The molecule has 3 N–H and O–H groups in total. The van der Waals surface area contributed by atoms with Crippen LogP contribution in [0.25, 0.3) is 11.3 Å². The SMILES string of the molecule is [2H][C@](C)(Cn1ccc(-c2ccc(C#N)c(Cl)c2)n1)NC(=O)c1cc(C(C)O)[nH]n1. The zero-order chi connectivity index (χ0) is 21.2. The van der Waals surface area contributed by atoms with Crippen molar-refractivity contribution in [1.82, 2.24) is 25.3 Å². The maximum Gasteiger partial charge on any atom is 0.272 e. The maximum atomic E-state index is 12.3. The van der Waals surface area contributed by atoms with Gasteiger partial charge in [-0.3, -0.25) is 14.6 Å². The van der Waals surface area contributed by atoms with Crippen molar-refractivity contribution < 1.29 is 11.3 Å². The Kier molecular flexibility index (Phi) is 5.37. The monoisotopic (exact) mass is 399 g/mol. The summed E-state index contributed by atoms with van der Waals surface area (Å²) >= 11 is 6.07. The van der Waals surface area contributed by atoms with Gasteiger partial charge >= 0.3 is 0 Å². The van der Waals surface area contributed by atoms with Crippen LogP contribution in [0.3, 0.4) is 0 Å². The molecule has 0 spiro atoms. The smallest absolute Gasteiger partial charge is 0.272 e. The second-order valence-electron chi connectivity index (χ2n) is 6.32. The van der Waals surface area contributed by atoms with Gasteiger partial charge in [0.25, 0.3) is 5.91 Å². The van der Waals surface area contributed by atoms with Gasteiger partial charge in [0.2, 0.25) is 0 Å². The first-order valence-electron chi connectivity index (χ1n) is 8.98. The lowest BCUT2D eigenvalue weighted by atomic mass is 10.1. The van der Waals surface area contributed by atoms with Gasteiger partial charge in [-0.1, -0.05) is 17.7 Å². The van der Waals surface area contributed by atoms with E-state index < -0.39 is 18.0 Å². The third-order valence-corrected chi connectivity index (χ3v) is 4.35. The summed E-state index contributed by atoms with van der Waals surface area (Å²) in [5.74, 6) is -0.531. The van der Waals surface area contributed by atoms with Crippen molar-refractivity contribution in [1.29, 1.82) is 5.26 Å². The second-order valence-corrected chi connectivity index (χ2v) is 6.73. The van der Waals surface area contributed by atoms with E-state index in [1.807, 2.05) is 6.07 Å². The number of carbonyl (C=O) groups is 1. The van der Waals surface area contributed by atoms with E-state index in [0.29, 0.717) is 22.0 Å². The van der Waals surface area contributed by atoms with Crippen molar-refractivity contribution in [3.05, 3.63) is 58.5 Å². The third-order valence-electron chi connectivity index (χ3n) is 4.03. The van der Waals surface area contributed by atoms with Crippen LogP contribution in [-0.4, -0.2) is 37.0 Å². The molecule has 1 aromatic carbocycles. The molecule has 2 aromatic heterocycles. The molecule has 1 amide bonds. The third kappa shape index (κ3) is 4.39. The zero-order valence-corrected chi connectivity index (χ0v) is 16.0. The number of halogens is 1. The van der Waals surface area contributed by atoms with Crippen molar-refractivity contribution in [2.45, 2.75) is 32.5 Å². The highest BCUT2D eigenvalue weighted by Crippen LogP contribution is 2.24. The summed E-state index contributed by atoms with van der Waals surface area (Å²) in [6.45, 7) is 3.20. The molecule has 0 saturated carbocycles. The molecule has 0 bridgehead atoms. The number of H-pyrrole nitrogens is 1. The lowest BCUT2D eigenvalue weighted by Crippen LogP contribution is -2.36. The van der Waals surface area contributed by atoms with E-state index in [-0.39, 0.29) is 12.2 Å². The largest absolute Gasteiger partial charge is 0.387 e. The lowest BCUT2D eigenvalue weighted by molar-refractivity contribution is 0.0931. The van der Waals surface area contributed by atoms with Crippen LogP contribution in [0.5, 0.6) is 0 Å². The fourth-order valence-electron chi connectivity index (χ4n) is 2.58. The fourth-order valence-corrected chi connectivity index (χ4v) is 2.80. The van der Waals surface area contributed by atoms with Crippen LogP contribution < -0.4 is 5.32 Å². The number of amides is 1. The van der Waals surface area contributed by atoms with Crippen LogP contribution in [0.2, 0.25) is 5.02 Å². The Morgan fingerprint density at radius 1 is 1.46 bits per heavy atom. The first-order chi connectivity index (χ1) is 13.7. The summed E-state index contributed by atoms with van der Waals surface area (Å²) in [5.41, 5.74) is 2.26. The first-order valence-corrected chi connectivity index (χ1v) is 8.86. The van der Waals surface area contributed by atoms with Crippen molar-refractivity contribution in [2.75, 3.05) is 0 Å². The van der Waals surface area contributed by atoms with Crippen molar-refractivity contribution in [2.24, 2.45) is 0 Å². The number of hydrogen-bond donors (Lipinski definition) is 3. The van der Waals surface area contributed by atoms with Crippen molar-refractivity contribution in [3.8, 4) is 17.3 Å². The van der Waals surface area contributed by atoms with E-state index in [9.17, 15) is 9.90 Å². The van der Waals surface area contributed by atoms with Crippen LogP contribution in [-0.2, 0) is 6.54 Å². The fraction of sp³-hybridized carbons (Fsp3) is 0.263. The van der Waals surface area contributed by atoms with Gasteiger partial charge in [0, 0.05) is 17.8 Å². The molecule has 0 aliphatic rings. The normalized spacial score (nSPS) is 14.6. The molecule has 144 valence electrons. The minimum absolute atomic E-state index is 0.0905. The standard InChI is InChI=1S/C19H19ClN6O2/c1-11(22-19(28)18-8-17(12(2)27)23-24-18)10-26-6-5-16(25-26)13-3-4-14(9-21)15(20)7-13/h3-8,11-12,27H,10H2,1-2H3,(H,22,28)(H,23,24)/t11-,12?/m0/s1/i11D. The number of nitriles is 1. The van der Waals surface area contributed by atoms with Gasteiger partial charge in [-0.25, -0.2) is 0 Å².